The van der Waals surface area contributed by atoms with Gasteiger partial charge in [-0.3, -0.25) is 15.8 Å². The monoisotopic (exact) mass is 506 g/mol. The Hall–Kier alpha value is -4.06. The summed E-state index contributed by atoms with van der Waals surface area (Å²) in [7, 11) is 0. The van der Waals surface area contributed by atoms with Gasteiger partial charge in [0.25, 0.3) is 0 Å². The van der Waals surface area contributed by atoms with Crippen molar-refractivity contribution in [3.05, 3.63) is 110 Å². The van der Waals surface area contributed by atoms with Gasteiger partial charge >= 0.3 is 0 Å². The molecule has 3 heterocycles. The molecule has 2 aromatic carbocycles. The third-order valence-corrected chi connectivity index (χ3v) is 5.91. The second-order valence-corrected chi connectivity index (χ2v) is 8.56. The number of halogens is 3. The average Bonchev–Trinajstić information content (AvgIpc) is 3.18. The van der Waals surface area contributed by atoms with Crippen LogP contribution in [0, 0.1) is 22.1 Å². The van der Waals surface area contributed by atoms with Crippen LogP contribution in [-0.4, -0.2) is 15.0 Å². The van der Waals surface area contributed by atoms with Crippen LogP contribution in [0.1, 0.15) is 27.9 Å². The lowest BCUT2D eigenvalue weighted by atomic mass is 9.99. The van der Waals surface area contributed by atoms with Gasteiger partial charge in [-0.25, -0.2) is 4.39 Å². The molecule has 35 heavy (non-hydrogen) atoms. The summed E-state index contributed by atoms with van der Waals surface area (Å²) in [6.07, 6.45) is 5.85. The lowest BCUT2D eigenvalue weighted by molar-refractivity contribution is 0.615. The molecule has 0 aliphatic rings. The largest absolute Gasteiger partial charge is 0.360 e. The van der Waals surface area contributed by atoms with E-state index in [1.54, 1.807) is 29.8 Å². The maximum atomic E-state index is 14.6. The van der Waals surface area contributed by atoms with Crippen molar-refractivity contribution in [3.63, 3.8) is 0 Å². The van der Waals surface area contributed by atoms with Crippen LogP contribution in [0.3, 0.4) is 0 Å². The molecule has 10 heteroatoms. The van der Waals surface area contributed by atoms with Gasteiger partial charge in [0.2, 0.25) is 0 Å². The second-order valence-electron chi connectivity index (χ2n) is 7.72. The van der Waals surface area contributed by atoms with Crippen LogP contribution in [0.15, 0.2) is 66.3 Å². The number of benzene rings is 2. The Kier molecular flexibility index (Phi) is 7.20. The number of pyridine rings is 2. The zero-order valence-electron chi connectivity index (χ0n) is 18.1. The first-order chi connectivity index (χ1) is 16.9. The van der Waals surface area contributed by atoms with Gasteiger partial charge in [-0.1, -0.05) is 23.2 Å². The highest BCUT2D eigenvalue weighted by atomic mass is 35.5. The van der Waals surface area contributed by atoms with Crippen molar-refractivity contribution in [3.8, 4) is 6.07 Å². The quantitative estimate of drug-likeness (QED) is 0.170. The van der Waals surface area contributed by atoms with Crippen molar-refractivity contribution in [1.29, 1.82) is 5.26 Å². The highest BCUT2D eigenvalue weighted by molar-refractivity contribution is 6.35. The van der Waals surface area contributed by atoms with E-state index < -0.39 is 0 Å². The molecule has 0 atom stereocenters. The van der Waals surface area contributed by atoms with Gasteiger partial charge in [-0.2, -0.15) is 5.26 Å². The first-order valence-electron chi connectivity index (χ1n) is 10.3. The first kappa shape index (κ1) is 24.1. The molecular formula is C25H17Cl2FN6O. The zero-order valence-corrected chi connectivity index (χ0v) is 19.6. The van der Waals surface area contributed by atoms with Crippen LogP contribution in [-0.2, 0) is 12.8 Å². The molecule has 0 aliphatic heterocycles. The fourth-order valence-corrected chi connectivity index (χ4v) is 4.30. The van der Waals surface area contributed by atoms with E-state index in [0.29, 0.717) is 45.0 Å². The summed E-state index contributed by atoms with van der Waals surface area (Å²) in [5, 5.41) is 14.0. The number of nitriles is 1. The summed E-state index contributed by atoms with van der Waals surface area (Å²) >= 11 is 12.3. The molecule has 0 saturated carbocycles. The molecule has 3 aromatic heterocycles. The number of rotatable bonds is 4. The highest BCUT2D eigenvalue weighted by Gasteiger charge is 2.11. The third kappa shape index (κ3) is 5.38. The lowest BCUT2D eigenvalue weighted by Gasteiger charge is -2.08. The van der Waals surface area contributed by atoms with E-state index in [4.69, 9.17) is 28.1 Å². The van der Waals surface area contributed by atoms with Crippen molar-refractivity contribution in [2.45, 2.75) is 12.8 Å². The van der Waals surface area contributed by atoms with Crippen LogP contribution >= 0.6 is 23.2 Å². The number of H-pyrrole nitrogens is 1. The molecule has 0 fully saturated rings. The number of nitroso groups, excluding NO2 is 1. The van der Waals surface area contributed by atoms with E-state index in [1.165, 1.54) is 12.3 Å². The van der Waals surface area contributed by atoms with E-state index in [2.05, 4.69) is 26.9 Å². The van der Waals surface area contributed by atoms with Crippen molar-refractivity contribution in [2.75, 3.05) is 0 Å². The Bertz CT molecular complexity index is 1600. The number of nitrogens with zero attached hydrogens (tertiary/aromatic N) is 4. The first-order valence-corrected chi connectivity index (χ1v) is 11.1. The summed E-state index contributed by atoms with van der Waals surface area (Å²) in [6.45, 7) is 0. The maximum Gasteiger partial charge on any atom is 0.128 e. The van der Waals surface area contributed by atoms with Crippen LogP contribution in [0.25, 0.3) is 21.8 Å². The standard InChI is InChI=1S/C25H15Cl2FN4.H2N2O/c26-19-8-17-4-15(5-18(11-29)25(17)32-12-19)7-20-6-14(1-2-30-20)3-16-9-21-22(27)13-31-24(21)10-23(16)28;1-2-3/h1-2,4-6,8-10,12-13,31H,3,7H2;(H2,1,3). The fourth-order valence-electron chi connectivity index (χ4n) is 3.93. The predicted octanol–water partition coefficient (Wildman–Crippen LogP) is 6.24. The van der Waals surface area contributed by atoms with Gasteiger partial charge in [-0.15, -0.1) is 4.91 Å². The number of nitrogens with two attached hydrogens (primary N) is 1. The topological polar surface area (TPSA) is 121 Å². The highest BCUT2D eigenvalue weighted by Crippen LogP contribution is 2.27. The average molecular weight is 507 g/mol. The van der Waals surface area contributed by atoms with E-state index in [1.807, 2.05) is 24.3 Å². The Labute approximate surface area is 209 Å². The molecular weight excluding hydrogens is 490 g/mol. The van der Waals surface area contributed by atoms with Gasteiger partial charge in [0, 0.05) is 58.7 Å². The summed E-state index contributed by atoms with van der Waals surface area (Å²) in [5.41, 5.74) is 5.03. The summed E-state index contributed by atoms with van der Waals surface area (Å²) in [4.78, 5) is 20.0. The molecule has 3 N–H and O–H groups in total. The van der Waals surface area contributed by atoms with E-state index in [9.17, 15) is 9.65 Å². The molecule has 7 nitrogen and oxygen atoms in total. The number of aromatic amines is 1. The molecule has 174 valence electrons. The molecule has 0 saturated heterocycles. The van der Waals surface area contributed by atoms with Crippen LogP contribution in [0.5, 0.6) is 0 Å². The summed E-state index contributed by atoms with van der Waals surface area (Å²) in [5.74, 6) is 3.63. The molecule has 0 spiro atoms. The number of aromatic nitrogens is 3. The SMILES string of the molecule is N#Cc1cc(Cc2cc(Cc3cc4c(Cl)c[nH]c4cc3F)ccn2)cc2cc(Cl)cnc12.NN=O. The van der Waals surface area contributed by atoms with Gasteiger partial charge in [0.15, 0.2) is 0 Å². The van der Waals surface area contributed by atoms with Crippen molar-refractivity contribution in [2.24, 2.45) is 11.1 Å². The Balaban J connectivity index is 0.000000917. The molecule has 5 aromatic rings. The van der Waals surface area contributed by atoms with E-state index in [-0.39, 0.29) is 5.82 Å². The molecule has 0 radical (unpaired) electrons. The van der Waals surface area contributed by atoms with E-state index in [0.717, 1.165) is 27.6 Å². The van der Waals surface area contributed by atoms with Crippen molar-refractivity contribution in [1.82, 2.24) is 15.0 Å². The molecule has 0 bridgehead atoms. The molecule has 0 aliphatic carbocycles. The molecule has 0 amide bonds. The number of fused-ring (bicyclic) bond motifs is 2. The van der Waals surface area contributed by atoms with Gasteiger partial charge in [0.05, 0.1) is 21.1 Å². The van der Waals surface area contributed by atoms with Gasteiger partial charge < -0.3 is 4.98 Å². The lowest BCUT2D eigenvalue weighted by Crippen LogP contribution is -1.98. The minimum atomic E-state index is -0.285. The minimum absolute atomic E-state index is 0.285. The van der Waals surface area contributed by atoms with Gasteiger partial charge in [0.1, 0.15) is 11.9 Å². The van der Waals surface area contributed by atoms with Gasteiger partial charge in [-0.05, 0) is 59.2 Å². The maximum absolute atomic E-state index is 14.6. The van der Waals surface area contributed by atoms with Crippen molar-refractivity contribution < 1.29 is 4.39 Å². The second kappa shape index (κ2) is 10.5. The van der Waals surface area contributed by atoms with Crippen LogP contribution in [0.2, 0.25) is 10.0 Å². The van der Waals surface area contributed by atoms with Crippen LogP contribution < -0.4 is 5.84 Å². The Morgan fingerprint density at radius 1 is 1.09 bits per heavy atom. The number of nitrogens with one attached hydrogen (secondary N) is 1. The fraction of sp³-hybridized carbons (Fsp3) is 0.0800. The molecule has 5 rings (SSSR count). The summed E-state index contributed by atoms with van der Waals surface area (Å²) < 4.78 is 14.6. The van der Waals surface area contributed by atoms with E-state index >= 15 is 0 Å². The van der Waals surface area contributed by atoms with Crippen molar-refractivity contribution >= 4 is 45.0 Å². The normalized spacial score (nSPS) is 10.6. The Morgan fingerprint density at radius 2 is 1.89 bits per heavy atom. The molecule has 0 unspecified atom stereocenters. The summed E-state index contributed by atoms with van der Waals surface area (Å²) in [6, 6.07) is 14.9. The smallest absolute Gasteiger partial charge is 0.128 e. The zero-order chi connectivity index (χ0) is 24.9. The Morgan fingerprint density at radius 3 is 2.66 bits per heavy atom. The number of hydrogen-bond donors (Lipinski definition) is 2. The third-order valence-electron chi connectivity index (χ3n) is 5.39. The predicted molar refractivity (Wildman–Crippen MR) is 135 cm³/mol. The minimum Gasteiger partial charge on any atom is -0.360 e. The number of hydrogen-bond acceptors (Lipinski definition) is 5. The van der Waals surface area contributed by atoms with Crippen LogP contribution in [0.4, 0.5) is 4.39 Å².